The molecule has 0 bridgehead atoms. The molecular weight excluding hydrogens is 348 g/mol. The topological polar surface area (TPSA) is 67.1 Å². The number of hydrogen-bond donors (Lipinski definition) is 2. The second-order valence-corrected chi connectivity index (χ2v) is 6.89. The van der Waals surface area contributed by atoms with Gasteiger partial charge in [-0.3, -0.25) is 0 Å². The second-order valence-electron chi connectivity index (χ2n) is 6.89. The van der Waals surface area contributed by atoms with Crippen LogP contribution in [0.4, 0.5) is 0 Å². The summed E-state index contributed by atoms with van der Waals surface area (Å²) in [5.74, 6) is 1.24. The lowest BCUT2D eigenvalue weighted by Gasteiger charge is -2.16. The highest BCUT2D eigenvalue weighted by Crippen LogP contribution is 2.14. The quantitative estimate of drug-likeness (QED) is 0.490. The molecule has 6 nitrogen and oxygen atoms in total. The monoisotopic (exact) mass is 376 g/mol. The summed E-state index contributed by atoms with van der Waals surface area (Å²) in [4.78, 5) is 8.69. The third kappa shape index (κ3) is 5.42. The number of aromatic nitrogens is 3. The summed E-state index contributed by atoms with van der Waals surface area (Å²) in [6.07, 6.45) is 3.22. The van der Waals surface area contributed by atoms with Crippen LogP contribution < -0.4 is 10.6 Å². The Labute approximate surface area is 166 Å². The Morgan fingerprint density at radius 3 is 2.46 bits per heavy atom. The van der Waals surface area contributed by atoms with Crippen LogP contribution >= 0.6 is 0 Å². The molecule has 0 fully saturated rings. The molecule has 0 aliphatic heterocycles. The van der Waals surface area contributed by atoms with E-state index in [-0.39, 0.29) is 0 Å². The highest BCUT2D eigenvalue weighted by Gasteiger charge is 2.06. The van der Waals surface area contributed by atoms with Crippen LogP contribution in [0, 0.1) is 6.92 Å². The lowest BCUT2D eigenvalue weighted by atomic mass is 10.0. The number of guanidine groups is 1. The Kier molecular flexibility index (Phi) is 6.78. The minimum Gasteiger partial charge on any atom is -0.357 e. The smallest absolute Gasteiger partial charge is 0.191 e. The van der Waals surface area contributed by atoms with Gasteiger partial charge >= 0.3 is 0 Å². The molecule has 3 rings (SSSR count). The number of hydrogen-bond acceptors (Lipinski definition) is 3. The van der Waals surface area contributed by atoms with Gasteiger partial charge in [0.1, 0.15) is 12.7 Å². The van der Waals surface area contributed by atoms with Crippen LogP contribution in [0.25, 0.3) is 5.69 Å². The van der Waals surface area contributed by atoms with Crippen LogP contribution in [0.1, 0.15) is 36.5 Å². The largest absolute Gasteiger partial charge is 0.357 e. The summed E-state index contributed by atoms with van der Waals surface area (Å²) in [6, 6.07) is 16.9. The van der Waals surface area contributed by atoms with Crippen molar-refractivity contribution >= 4 is 5.96 Å². The molecule has 6 heteroatoms. The van der Waals surface area contributed by atoms with E-state index in [4.69, 9.17) is 4.99 Å². The highest BCUT2D eigenvalue weighted by molar-refractivity contribution is 5.79. The third-order valence-corrected chi connectivity index (χ3v) is 4.61. The van der Waals surface area contributed by atoms with Crippen molar-refractivity contribution in [2.24, 2.45) is 4.99 Å². The lowest BCUT2D eigenvalue weighted by Crippen LogP contribution is -2.39. The molecule has 1 aromatic heterocycles. The van der Waals surface area contributed by atoms with E-state index >= 15 is 0 Å². The maximum absolute atomic E-state index is 4.72. The first-order valence-electron chi connectivity index (χ1n) is 9.68. The maximum atomic E-state index is 4.72. The Morgan fingerprint density at radius 1 is 1.07 bits per heavy atom. The van der Waals surface area contributed by atoms with Gasteiger partial charge in [-0.15, -0.1) is 0 Å². The van der Waals surface area contributed by atoms with Gasteiger partial charge < -0.3 is 10.6 Å². The number of aryl methyl sites for hydroxylation is 1. The summed E-state index contributed by atoms with van der Waals surface area (Å²) < 4.78 is 1.74. The first-order valence-corrected chi connectivity index (χ1v) is 9.68. The van der Waals surface area contributed by atoms with E-state index in [9.17, 15) is 0 Å². The summed E-state index contributed by atoms with van der Waals surface area (Å²) in [5, 5.41) is 10.9. The molecule has 146 valence electrons. The van der Waals surface area contributed by atoms with Gasteiger partial charge in [-0.1, -0.05) is 48.9 Å². The Balaban J connectivity index is 1.58. The molecule has 0 saturated heterocycles. The average molecular weight is 377 g/mol. The number of benzene rings is 2. The van der Waals surface area contributed by atoms with Gasteiger partial charge in [0.2, 0.25) is 0 Å². The van der Waals surface area contributed by atoms with Gasteiger partial charge in [0.05, 0.1) is 12.2 Å². The van der Waals surface area contributed by atoms with Crippen molar-refractivity contribution < 1.29 is 0 Å². The zero-order valence-electron chi connectivity index (χ0n) is 16.8. The van der Waals surface area contributed by atoms with Crippen molar-refractivity contribution in [3.8, 4) is 5.69 Å². The molecule has 28 heavy (non-hydrogen) atoms. The standard InChI is InChI=1S/C22H28N6/c1-4-24-22(25-13-18(3)20-9-5-17(2)6-10-20)26-14-19-7-11-21(12-8-19)28-16-23-15-27-28/h5-12,15-16,18H,4,13-14H2,1-3H3,(H2,24,25,26). The number of nitrogens with zero attached hydrogens (tertiary/aromatic N) is 4. The molecule has 0 amide bonds. The molecular formula is C22H28N6. The van der Waals surface area contributed by atoms with Crippen LogP contribution in [-0.2, 0) is 6.54 Å². The van der Waals surface area contributed by atoms with Crippen molar-refractivity contribution in [2.45, 2.75) is 33.2 Å². The third-order valence-electron chi connectivity index (χ3n) is 4.61. The van der Waals surface area contributed by atoms with Gasteiger partial charge in [0, 0.05) is 13.1 Å². The van der Waals surface area contributed by atoms with Crippen LogP contribution in [-0.4, -0.2) is 33.8 Å². The minimum atomic E-state index is 0.409. The van der Waals surface area contributed by atoms with Gasteiger partial charge in [-0.2, -0.15) is 5.10 Å². The molecule has 2 aromatic carbocycles. The fourth-order valence-corrected chi connectivity index (χ4v) is 2.87. The molecule has 0 aliphatic rings. The van der Waals surface area contributed by atoms with E-state index in [2.05, 4.69) is 77.9 Å². The first kappa shape index (κ1) is 19.6. The normalized spacial score (nSPS) is 12.6. The van der Waals surface area contributed by atoms with E-state index in [1.54, 1.807) is 11.0 Å². The van der Waals surface area contributed by atoms with Gasteiger partial charge in [-0.05, 0) is 43.0 Å². The fourth-order valence-electron chi connectivity index (χ4n) is 2.87. The predicted octanol–water partition coefficient (Wildman–Crippen LogP) is 3.43. The Morgan fingerprint density at radius 2 is 1.82 bits per heavy atom. The van der Waals surface area contributed by atoms with Gasteiger partial charge in [0.25, 0.3) is 0 Å². The summed E-state index contributed by atoms with van der Waals surface area (Å²) >= 11 is 0. The molecule has 0 radical (unpaired) electrons. The zero-order valence-corrected chi connectivity index (χ0v) is 16.8. The van der Waals surface area contributed by atoms with Crippen molar-refractivity contribution in [1.82, 2.24) is 25.4 Å². The Hall–Kier alpha value is -3.15. The van der Waals surface area contributed by atoms with Crippen LogP contribution in [0.2, 0.25) is 0 Å². The van der Waals surface area contributed by atoms with Crippen molar-refractivity contribution in [3.05, 3.63) is 77.9 Å². The SMILES string of the molecule is CCNC(=NCc1ccc(-n2cncn2)cc1)NCC(C)c1ccc(C)cc1. The number of nitrogens with one attached hydrogen (secondary N) is 2. The van der Waals surface area contributed by atoms with E-state index < -0.39 is 0 Å². The molecule has 0 spiro atoms. The summed E-state index contributed by atoms with van der Waals surface area (Å²) in [5.41, 5.74) is 4.75. The zero-order chi connectivity index (χ0) is 19.8. The average Bonchev–Trinajstić information content (AvgIpc) is 3.25. The van der Waals surface area contributed by atoms with Crippen molar-refractivity contribution in [2.75, 3.05) is 13.1 Å². The molecule has 1 unspecified atom stereocenters. The minimum absolute atomic E-state index is 0.409. The van der Waals surface area contributed by atoms with Crippen molar-refractivity contribution in [1.29, 1.82) is 0 Å². The number of rotatable bonds is 7. The molecule has 0 saturated carbocycles. The number of aliphatic imine (C=N–C) groups is 1. The van der Waals surface area contributed by atoms with Crippen molar-refractivity contribution in [3.63, 3.8) is 0 Å². The maximum Gasteiger partial charge on any atom is 0.191 e. The van der Waals surface area contributed by atoms with E-state index in [0.29, 0.717) is 12.5 Å². The fraction of sp³-hybridized carbons (Fsp3) is 0.318. The Bertz CT molecular complexity index is 866. The van der Waals surface area contributed by atoms with E-state index in [1.807, 2.05) is 12.1 Å². The highest BCUT2D eigenvalue weighted by atomic mass is 15.3. The van der Waals surface area contributed by atoms with Crippen LogP contribution in [0.3, 0.4) is 0 Å². The van der Waals surface area contributed by atoms with Gasteiger partial charge in [-0.25, -0.2) is 14.7 Å². The lowest BCUT2D eigenvalue weighted by molar-refractivity contribution is 0.699. The van der Waals surface area contributed by atoms with Crippen LogP contribution in [0.5, 0.6) is 0 Å². The van der Waals surface area contributed by atoms with E-state index in [0.717, 1.165) is 30.3 Å². The molecule has 1 atom stereocenters. The molecule has 2 N–H and O–H groups in total. The second kappa shape index (κ2) is 9.69. The summed E-state index contributed by atoms with van der Waals surface area (Å²) in [6.45, 7) is 8.70. The first-order chi connectivity index (χ1) is 13.7. The van der Waals surface area contributed by atoms with Gasteiger partial charge in [0.15, 0.2) is 5.96 Å². The van der Waals surface area contributed by atoms with Crippen LogP contribution in [0.15, 0.2) is 66.2 Å². The molecule has 1 heterocycles. The molecule has 3 aromatic rings. The molecule has 0 aliphatic carbocycles. The van der Waals surface area contributed by atoms with E-state index in [1.165, 1.54) is 17.5 Å². The predicted molar refractivity (Wildman–Crippen MR) is 114 cm³/mol. The summed E-state index contributed by atoms with van der Waals surface area (Å²) in [7, 11) is 0.